The van der Waals surface area contributed by atoms with Crippen LogP contribution in [0.3, 0.4) is 0 Å². The van der Waals surface area contributed by atoms with Gasteiger partial charge in [-0.3, -0.25) is 4.79 Å². The summed E-state index contributed by atoms with van der Waals surface area (Å²) in [5, 5.41) is 0. The number of piperidine rings is 1. The van der Waals surface area contributed by atoms with Crippen LogP contribution in [0.15, 0.2) is 36.7 Å². The summed E-state index contributed by atoms with van der Waals surface area (Å²) in [5.41, 5.74) is 0.626. The molecule has 6 heteroatoms. The zero-order chi connectivity index (χ0) is 19.9. The molecule has 1 aromatic heterocycles. The fourth-order valence-corrected chi connectivity index (χ4v) is 3.71. The van der Waals surface area contributed by atoms with Crippen molar-refractivity contribution in [2.45, 2.75) is 45.6 Å². The average molecular weight is 386 g/mol. The normalized spacial score (nSPS) is 15.2. The van der Waals surface area contributed by atoms with E-state index < -0.39 is 0 Å². The maximum atomic E-state index is 13.1. The molecule has 6 nitrogen and oxygen atoms in total. The van der Waals surface area contributed by atoms with Gasteiger partial charge in [-0.2, -0.15) is 0 Å². The number of rotatable bonds is 8. The predicted octanol–water partition coefficient (Wildman–Crippen LogP) is 3.90. The summed E-state index contributed by atoms with van der Waals surface area (Å²) >= 11 is 0. The summed E-state index contributed by atoms with van der Waals surface area (Å²) in [6.45, 7) is 9.40. The van der Waals surface area contributed by atoms with E-state index in [1.54, 1.807) is 0 Å². The van der Waals surface area contributed by atoms with E-state index in [9.17, 15) is 4.79 Å². The summed E-state index contributed by atoms with van der Waals surface area (Å²) < 4.78 is 13.3. The van der Waals surface area contributed by atoms with Crippen LogP contribution in [0.2, 0.25) is 0 Å². The molecule has 1 aliphatic rings. The Morgan fingerprint density at radius 3 is 2.68 bits per heavy atom. The van der Waals surface area contributed by atoms with Crippen molar-refractivity contribution >= 4 is 5.91 Å². The molecule has 1 amide bonds. The summed E-state index contributed by atoms with van der Waals surface area (Å²) in [6, 6.07) is 7.87. The third-order valence-electron chi connectivity index (χ3n) is 5.21. The molecule has 0 bridgehead atoms. The van der Waals surface area contributed by atoms with Crippen molar-refractivity contribution in [1.82, 2.24) is 14.5 Å². The van der Waals surface area contributed by atoms with Gasteiger partial charge in [0.05, 0.1) is 12.2 Å². The van der Waals surface area contributed by atoms with Crippen molar-refractivity contribution in [3.05, 3.63) is 48.0 Å². The highest BCUT2D eigenvalue weighted by Gasteiger charge is 2.28. The number of nitrogens with zero attached hydrogens (tertiary/aromatic N) is 3. The molecule has 1 fully saturated rings. The lowest BCUT2D eigenvalue weighted by Gasteiger charge is -2.32. The third-order valence-corrected chi connectivity index (χ3v) is 5.21. The van der Waals surface area contributed by atoms with E-state index in [1.807, 2.05) is 48.5 Å². The van der Waals surface area contributed by atoms with Gasteiger partial charge in [0.15, 0.2) is 0 Å². The highest BCUT2D eigenvalue weighted by molar-refractivity contribution is 5.97. The van der Waals surface area contributed by atoms with Gasteiger partial charge in [-0.05, 0) is 45.7 Å². The highest BCUT2D eigenvalue weighted by Crippen LogP contribution is 2.30. The summed E-state index contributed by atoms with van der Waals surface area (Å²) in [5.74, 6) is 2.21. The molecule has 3 rings (SSSR count). The van der Waals surface area contributed by atoms with E-state index >= 15 is 0 Å². The number of imidazole rings is 1. The van der Waals surface area contributed by atoms with Crippen LogP contribution in [0.1, 0.15) is 61.8 Å². The molecule has 2 heterocycles. The maximum absolute atomic E-state index is 13.1. The first-order chi connectivity index (χ1) is 13.6. The topological polar surface area (TPSA) is 56.6 Å². The first-order valence-corrected chi connectivity index (χ1v) is 10.2. The summed E-state index contributed by atoms with van der Waals surface area (Å²) in [4.78, 5) is 19.6. The van der Waals surface area contributed by atoms with Crippen molar-refractivity contribution in [2.75, 3.05) is 32.9 Å². The van der Waals surface area contributed by atoms with Gasteiger partial charge in [0.2, 0.25) is 0 Å². The largest absolute Gasteiger partial charge is 0.490 e. The van der Waals surface area contributed by atoms with Crippen LogP contribution in [0, 0.1) is 0 Å². The number of aromatic nitrogens is 2. The zero-order valence-electron chi connectivity index (χ0n) is 17.1. The fourth-order valence-electron chi connectivity index (χ4n) is 3.71. The first kappa shape index (κ1) is 20.4. The molecule has 152 valence electrons. The molecule has 2 aromatic rings. The molecule has 1 aromatic carbocycles. The Bertz CT molecular complexity index is 764. The van der Waals surface area contributed by atoms with E-state index in [2.05, 4.69) is 23.4 Å². The Hall–Kier alpha value is -2.34. The number of hydrogen-bond acceptors (Lipinski definition) is 4. The van der Waals surface area contributed by atoms with Crippen molar-refractivity contribution in [1.29, 1.82) is 0 Å². The van der Waals surface area contributed by atoms with Gasteiger partial charge in [0.25, 0.3) is 5.91 Å². The Morgan fingerprint density at radius 2 is 1.96 bits per heavy atom. The van der Waals surface area contributed by atoms with E-state index in [1.165, 1.54) is 0 Å². The molecule has 1 aliphatic heterocycles. The number of ether oxygens (including phenoxy) is 2. The van der Waals surface area contributed by atoms with Gasteiger partial charge in [-0.25, -0.2) is 4.98 Å². The van der Waals surface area contributed by atoms with E-state index in [0.29, 0.717) is 43.1 Å². The van der Waals surface area contributed by atoms with Gasteiger partial charge >= 0.3 is 0 Å². The Labute approximate surface area is 167 Å². The second-order valence-corrected chi connectivity index (χ2v) is 7.39. The lowest BCUT2D eigenvalue weighted by Crippen LogP contribution is -2.38. The highest BCUT2D eigenvalue weighted by atomic mass is 16.5. The Kier molecular flexibility index (Phi) is 7.09. The van der Waals surface area contributed by atoms with Crippen LogP contribution in [0.5, 0.6) is 5.75 Å². The molecule has 28 heavy (non-hydrogen) atoms. The van der Waals surface area contributed by atoms with Crippen LogP contribution >= 0.6 is 0 Å². The van der Waals surface area contributed by atoms with Gasteiger partial charge in [-0.15, -0.1) is 0 Å². The number of para-hydroxylation sites is 1. The number of benzene rings is 1. The van der Waals surface area contributed by atoms with E-state index in [0.717, 1.165) is 31.8 Å². The van der Waals surface area contributed by atoms with E-state index in [-0.39, 0.29) is 5.91 Å². The predicted molar refractivity (Wildman–Crippen MR) is 109 cm³/mol. The minimum Gasteiger partial charge on any atom is -0.490 e. The zero-order valence-corrected chi connectivity index (χ0v) is 17.1. The lowest BCUT2D eigenvalue weighted by molar-refractivity contribution is 0.0700. The lowest BCUT2D eigenvalue weighted by atomic mass is 9.95. The Balaban J connectivity index is 1.62. The second-order valence-electron chi connectivity index (χ2n) is 7.39. The van der Waals surface area contributed by atoms with Gasteiger partial charge in [0, 0.05) is 44.0 Å². The molecule has 0 N–H and O–H groups in total. The van der Waals surface area contributed by atoms with Crippen molar-refractivity contribution in [2.24, 2.45) is 0 Å². The van der Waals surface area contributed by atoms with Gasteiger partial charge in [0.1, 0.15) is 18.2 Å². The minimum absolute atomic E-state index is 0.0395. The van der Waals surface area contributed by atoms with Crippen LogP contribution in [-0.4, -0.2) is 53.3 Å². The number of hydrogen-bond donors (Lipinski definition) is 0. The smallest absolute Gasteiger partial charge is 0.257 e. The Morgan fingerprint density at radius 1 is 1.21 bits per heavy atom. The van der Waals surface area contributed by atoms with Crippen LogP contribution in [-0.2, 0) is 4.74 Å². The maximum Gasteiger partial charge on any atom is 0.257 e. The number of carbonyl (C=O) groups is 1. The second kappa shape index (κ2) is 9.73. The molecule has 0 atom stereocenters. The summed E-state index contributed by atoms with van der Waals surface area (Å²) in [7, 11) is 0. The minimum atomic E-state index is 0.0395. The molecule has 0 saturated carbocycles. The monoisotopic (exact) mass is 385 g/mol. The standard InChI is InChI=1S/C22H31N3O3/c1-4-27-15-16-28-20-8-6-5-7-19(20)22(26)24-12-9-18(10-13-24)21-23-11-14-25(21)17(2)3/h5-8,11,14,17-18H,4,9-10,12-13,15-16H2,1-3H3. The quantitative estimate of drug-likeness (QED) is 0.647. The SMILES string of the molecule is CCOCCOc1ccccc1C(=O)N1CCC(c2nccn2C(C)C)CC1. The molecular weight excluding hydrogens is 354 g/mol. The molecule has 0 spiro atoms. The first-order valence-electron chi connectivity index (χ1n) is 10.2. The molecule has 0 radical (unpaired) electrons. The molecule has 0 aliphatic carbocycles. The third kappa shape index (κ3) is 4.73. The van der Waals surface area contributed by atoms with Crippen LogP contribution in [0.25, 0.3) is 0 Å². The number of carbonyl (C=O) groups excluding carboxylic acids is 1. The number of likely N-dealkylation sites (tertiary alicyclic amines) is 1. The van der Waals surface area contributed by atoms with Gasteiger partial charge in [-0.1, -0.05) is 12.1 Å². The van der Waals surface area contributed by atoms with Crippen molar-refractivity contribution in [3.63, 3.8) is 0 Å². The van der Waals surface area contributed by atoms with Crippen LogP contribution < -0.4 is 4.74 Å². The van der Waals surface area contributed by atoms with E-state index in [4.69, 9.17) is 9.47 Å². The van der Waals surface area contributed by atoms with Crippen molar-refractivity contribution < 1.29 is 14.3 Å². The van der Waals surface area contributed by atoms with Crippen molar-refractivity contribution in [3.8, 4) is 5.75 Å². The molecule has 1 saturated heterocycles. The number of amides is 1. The fraction of sp³-hybridized carbons (Fsp3) is 0.545. The average Bonchev–Trinajstić information content (AvgIpc) is 3.21. The van der Waals surface area contributed by atoms with Gasteiger partial charge < -0.3 is 18.9 Å². The summed E-state index contributed by atoms with van der Waals surface area (Å²) in [6.07, 6.45) is 5.79. The molecular formula is C22H31N3O3. The van der Waals surface area contributed by atoms with Crippen LogP contribution in [0.4, 0.5) is 0 Å². The molecule has 0 unspecified atom stereocenters.